The van der Waals surface area contributed by atoms with E-state index in [0.717, 1.165) is 11.1 Å². The predicted molar refractivity (Wildman–Crippen MR) is 113 cm³/mol. The molecular weight excluding hydrogens is 366 g/mol. The fourth-order valence-electron chi connectivity index (χ4n) is 3.26. The molecule has 1 aliphatic rings. The van der Waals surface area contributed by atoms with Gasteiger partial charge in [-0.1, -0.05) is 24.3 Å². The van der Waals surface area contributed by atoms with Crippen molar-refractivity contribution in [2.75, 3.05) is 26.2 Å². The van der Waals surface area contributed by atoms with Gasteiger partial charge in [0.15, 0.2) is 5.60 Å². The number of ether oxygens (including phenoxy) is 1. The number of benzene rings is 1. The number of rotatable bonds is 5. The highest BCUT2D eigenvalue weighted by Crippen LogP contribution is 2.22. The van der Waals surface area contributed by atoms with Crippen LogP contribution in [0.5, 0.6) is 5.75 Å². The van der Waals surface area contributed by atoms with Gasteiger partial charge in [-0.25, -0.2) is 0 Å². The summed E-state index contributed by atoms with van der Waals surface area (Å²) < 4.78 is 6.00. The Morgan fingerprint density at radius 1 is 0.897 bits per heavy atom. The van der Waals surface area contributed by atoms with Crippen LogP contribution in [-0.4, -0.2) is 58.4 Å². The Hall–Kier alpha value is -3.15. The maximum absolute atomic E-state index is 12.9. The van der Waals surface area contributed by atoms with Crippen molar-refractivity contribution in [3.8, 4) is 5.75 Å². The topological polar surface area (TPSA) is 62.7 Å². The number of aromatic nitrogens is 1. The summed E-state index contributed by atoms with van der Waals surface area (Å²) in [5.74, 6) is 0.625. The summed E-state index contributed by atoms with van der Waals surface area (Å²) in [6, 6.07) is 11.5. The largest absolute Gasteiger partial charge is 0.478 e. The lowest BCUT2D eigenvalue weighted by molar-refractivity contribution is -0.149. The molecule has 0 bridgehead atoms. The molecular formula is C23H27N3O3. The summed E-state index contributed by atoms with van der Waals surface area (Å²) in [6.45, 7) is 7.31. The minimum absolute atomic E-state index is 0.0469. The molecule has 0 unspecified atom stereocenters. The van der Waals surface area contributed by atoms with Crippen molar-refractivity contribution in [2.24, 2.45) is 0 Å². The van der Waals surface area contributed by atoms with Crippen molar-refractivity contribution >= 4 is 24.0 Å². The van der Waals surface area contributed by atoms with E-state index in [1.807, 2.05) is 48.6 Å². The lowest BCUT2D eigenvalue weighted by Gasteiger charge is -2.38. The number of hydrogen-bond donors (Lipinski definition) is 0. The van der Waals surface area contributed by atoms with Gasteiger partial charge in [-0.15, -0.1) is 0 Å². The van der Waals surface area contributed by atoms with E-state index in [2.05, 4.69) is 4.98 Å². The maximum atomic E-state index is 12.9. The highest BCUT2D eigenvalue weighted by Gasteiger charge is 2.36. The van der Waals surface area contributed by atoms with Gasteiger partial charge in [-0.2, -0.15) is 0 Å². The molecule has 2 amide bonds. The van der Waals surface area contributed by atoms with E-state index in [1.54, 1.807) is 43.0 Å². The first-order chi connectivity index (χ1) is 13.8. The smallest absolute Gasteiger partial charge is 0.266 e. The SMILES string of the molecule is CC(=O)N1CCN(C(=O)C(C)(C)Oc2ccc(/C=C/c3ccncc3)cc2)CC1. The lowest BCUT2D eigenvalue weighted by atomic mass is 10.1. The Balaban J connectivity index is 1.59. The van der Waals surface area contributed by atoms with E-state index < -0.39 is 5.60 Å². The Kier molecular flexibility index (Phi) is 6.32. The molecule has 2 aromatic rings. The molecule has 0 spiro atoms. The first-order valence-corrected chi connectivity index (χ1v) is 9.77. The fourth-order valence-corrected chi connectivity index (χ4v) is 3.26. The molecule has 29 heavy (non-hydrogen) atoms. The number of piperazine rings is 1. The number of hydrogen-bond acceptors (Lipinski definition) is 4. The molecule has 2 heterocycles. The molecule has 1 fully saturated rings. The molecule has 3 rings (SSSR count). The van der Waals surface area contributed by atoms with Crippen molar-refractivity contribution in [3.63, 3.8) is 0 Å². The molecule has 1 aliphatic heterocycles. The van der Waals surface area contributed by atoms with Crippen LogP contribution in [0.1, 0.15) is 31.9 Å². The molecule has 0 N–H and O–H groups in total. The maximum Gasteiger partial charge on any atom is 0.266 e. The van der Waals surface area contributed by atoms with Gasteiger partial charge in [0.1, 0.15) is 5.75 Å². The highest BCUT2D eigenvalue weighted by molar-refractivity contribution is 5.85. The molecule has 1 aromatic carbocycles. The van der Waals surface area contributed by atoms with E-state index in [1.165, 1.54) is 0 Å². The number of carbonyl (C=O) groups excluding carboxylic acids is 2. The molecule has 0 saturated carbocycles. The third-order valence-electron chi connectivity index (χ3n) is 4.95. The third kappa shape index (κ3) is 5.44. The molecule has 0 radical (unpaired) electrons. The van der Waals surface area contributed by atoms with Crippen molar-refractivity contribution < 1.29 is 14.3 Å². The number of pyridine rings is 1. The van der Waals surface area contributed by atoms with Crippen molar-refractivity contribution in [3.05, 3.63) is 59.9 Å². The van der Waals surface area contributed by atoms with E-state index in [9.17, 15) is 9.59 Å². The molecule has 6 heteroatoms. The summed E-state index contributed by atoms with van der Waals surface area (Å²) in [4.78, 5) is 31.9. The zero-order valence-electron chi connectivity index (χ0n) is 17.2. The lowest BCUT2D eigenvalue weighted by Crippen LogP contribution is -2.56. The van der Waals surface area contributed by atoms with Gasteiger partial charge in [0.2, 0.25) is 5.91 Å². The summed E-state index contributed by atoms with van der Waals surface area (Å²) in [7, 11) is 0. The molecule has 0 atom stereocenters. The number of amides is 2. The summed E-state index contributed by atoms with van der Waals surface area (Å²) in [5, 5.41) is 0. The van der Waals surface area contributed by atoms with Crippen molar-refractivity contribution in [1.82, 2.24) is 14.8 Å². The minimum atomic E-state index is -0.979. The fraction of sp³-hybridized carbons (Fsp3) is 0.348. The van der Waals surface area contributed by atoms with Gasteiger partial charge in [-0.3, -0.25) is 14.6 Å². The Morgan fingerprint density at radius 2 is 1.41 bits per heavy atom. The van der Waals surface area contributed by atoms with Gasteiger partial charge in [0.25, 0.3) is 5.91 Å². The zero-order chi connectivity index (χ0) is 20.9. The van der Waals surface area contributed by atoms with E-state index in [4.69, 9.17) is 4.74 Å². The van der Waals surface area contributed by atoms with Crippen LogP contribution in [0.15, 0.2) is 48.8 Å². The summed E-state index contributed by atoms with van der Waals surface area (Å²) in [5.41, 5.74) is 1.14. The van der Waals surface area contributed by atoms with Gasteiger partial charge >= 0.3 is 0 Å². The third-order valence-corrected chi connectivity index (χ3v) is 4.95. The Morgan fingerprint density at radius 3 is 1.97 bits per heavy atom. The van der Waals surface area contributed by atoms with Gasteiger partial charge in [-0.05, 0) is 49.2 Å². The quantitative estimate of drug-likeness (QED) is 0.783. The summed E-state index contributed by atoms with van der Waals surface area (Å²) >= 11 is 0. The van der Waals surface area contributed by atoms with E-state index in [0.29, 0.717) is 31.9 Å². The average molecular weight is 393 g/mol. The van der Waals surface area contributed by atoms with Crippen LogP contribution >= 0.6 is 0 Å². The first-order valence-electron chi connectivity index (χ1n) is 9.77. The van der Waals surface area contributed by atoms with E-state index >= 15 is 0 Å². The summed E-state index contributed by atoms with van der Waals surface area (Å²) in [6.07, 6.45) is 7.56. The zero-order valence-corrected chi connectivity index (χ0v) is 17.2. The molecule has 152 valence electrons. The van der Waals surface area contributed by atoms with Gasteiger partial charge in [0, 0.05) is 45.5 Å². The van der Waals surface area contributed by atoms with Crippen LogP contribution in [-0.2, 0) is 9.59 Å². The van der Waals surface area contributed by atoms with Crippen molar-refractivity contribution in [2.45, 2.75) is 26.4 Å². The Bertz CT molecular complexity index is 868. The van der Waals surface area contributed by atoms with Gasteiger partial charge < -0.3 is 14.5 Å². The van der Waals surface area contributed by atoms with Crippen LogP contribution in [0.4, 0.5) is 0 Å². The van der Waals surface area contributed by atoms with E-state index in [-0.39, 0.29) is 11.8 Å². The molecule has 6 nitrogen and oxygen atoms in total. The second-order valence-corrected chi connectivity index (χ2v) is 7.59. The second kappa shape index (κ2) is 8.90. The van der Waals surface area contributed by atoms with Crippen LogP contribution in [0.2, 0.25) is 0 Å². The second-order valence-electron chi connectivity index (χ2n) is 7.59. The van der Waals surface area contributed by atoms with Crippen molar-refractivity contribution in [1.29, 1.82) is 0 Å². The molecule has 1 aromatic heterocycles. The first kappa shape index (κ1) is 20.6. The van der Waals surface area contributed by atoms with Gasteiger partial charge in [0.05, 0.1) is 0 Å². The van der Waals surface area contributed by atoms with Crippen LogP contribution in [0.25, 0.3) is 12.2 Å². The standard InChI is InChI=1S/C23H27N3O3/c1-18(27)25-14-16-26(17-15-25)22(28)23(2,3)29-21-8-6-19(7-9-21)4-5-20-10-12-24-13-11-20/h4-13H,14-17H2,1-3H3/b5-4+. The number of nitrogens with zero attached hydrogens (tertiary/aromatic N) is 3. The normalized spacial score (nSPS) is 14.9. The molecule has 0 aliphatic carbocycles. The minimum Gasteiger partial charge on any atom is -0.478 e. The Labute approximate surface area is 171 Å². The number of carbonyl (C=O) groups is 2. The average Bonchev–Trinajstić information content (AvgIpc) is 2.73. The monoisotopic (exact) mass is 393 g/mol. The predicted octanol–water partition coefficient (Wildman–Crippen LogP) is 3.10. The van der Waals surface area contributed by atoms with Crippen LogP contribution in [0.3, 0.4) is 0 Å². The van der Waals surface area contributed by atoms with Crippen LogP contribution in [0, 0.1) is 0 Å². The highest BCUT2D eigenvalue weighted by atomic mass is 16.5. The van der Waals surface area contributed by atoms with Crippen LogP contribution < -0.4 is 4.74 Å². The molecule has 1 saturated heterocycles.